The molecule has 2 aromatic carbocycles. The van der Waals surface area contributed by atoms with E-state index in [0.29, 0.717) is 17.8 Å². The molecule has 6 rings (SSSR count). The summed E-state index contributed by atoms with van der Waals surface area (Å²) >= 11 is 0. The molecule has 4 bridgehead atoms. The molecule has 2 aromatic rings. The van der Waals surface area contributed by atoms with Gasteiger partial charge in [-0.1, -0.05) is 49.1 Å². The van der Waals surface area contributed by atoms with Crippen LogP contribution in [0.2, 0.25) is 0 Å². The molecule has 1 aliphatic heterocycles. The van der Waals surface area contributed by atoms with Crippen LogP contribution in [0.5, 0.6) is 0 Å². The number of rotatable bonds is 3. The minimum absolute atomic E-state index is 0.211. The molecular weight excluding hydrogens is 346 g/mol. The third-order valence-corrected chi connectivity index (χ3v) is 6.05. The van der Waals surface area contributed by atoms with Crippen LogP contribution in [0.25, 0.3) is 0 Å². The number of hydrogen-bond donors (Lipinski definition) is 1. The molecule has 0 saturated heterocycles. The standard InChI is InChI=1S/C14H14O2.C11H13N/c1-16-14(15)10-13-8-6-12(7-9-13)5-4-11-2-3-11;1-2-11-7-12-6-8-3-4-9(11)5-10(8)11/h6-9,11H,2-3,10H2,1H3;3-5,12H,2,6-7H2,1H3. The Hall–Kier alpha value is -2.57. The van der Waals surface area contributed by atoms with Crippen molar-refractivity contribution < 1.29 is 9.53 Å². The largest absolute Gasteiger partial charge is 0.469 e. The Labute approximate surface area is 167 Å². The maximum absolute atomic E-state index is 11.0. The number of esters is 1. The van der Waals surface area contributed by atoms with E-state index in [1.165, 1.54) is 37.5 Å². The second kappa shape index (κ2) is 7.81. The fourth-order valence-electron chi connectivity index (χ4n) is 4.04. The Morgan fingerprint density at radius 3 is 2.61 bits per heavy atom. The Balaban J connectivity index is 0.000000142. The van der Waals surface area contributed by atoms with Gasteiger partial charge in [-0.2, -0.15) is 0 Å². The first kappa shape index (κ1) is 18.8. The van der Waals surface area contributed by atoms with E-state index in [2.05, 4.69) is 47.0 Å². The lowest BCUT2D eigenvalue weighted by molar-refractivity contribution is -0.139. The second-order valence-electron chi connectivity index (χ2n) is 7.90. The first-order valence-electron chi connectivity index (χ1n) is 10.2. The third-order valence-electron chi connectivity index (χ3n) is 6.05. The van der Waals surface area contributed by atoms with E-state index in [1.807, 2.05) is 24.3 Å². The van der Waals surface area contributed by atoms with Gasteiger partial charge in [0.05, 0.1) is 13.5 Å². The Bertz CT molecular complexity index is 928. The normalized spacial score (nSPS) is 20.6. The highest BCUT2D eigenvalue weighted by Crippen LogP contribution is 2.47. The van der Waals surface area contributed by atoms with Gasteiger partial charge in [0.1, 0.15) is 0 Å². The number of benzene rings is 2. The topological polar surface area (TPSA) is 38.3 Å². The SMILES string of the molecule is CCC12CNCc3ccc1cc32.COC(=O)Cc1ccc(C#CC2CC2)cc1. The second-order valence-corrected chi connectivity index (χ2v) is 7.90. The molecule has 0 amide bonds. The van der Waals surface area contributed by atoms with E-state index in [-0.39, 0.29) is 5.97 Å². The van der Waals surface area contributed by atoms with Crippen molar-refractivity contribution in [1.82, 2.24) is 5.32 Å². The monoisotopic (exact) mass is 373 g/mol. The van der Waals surface area contributed by atoms with Crippen LogP contribution in [0.1, 0.15) is 54.0 Å². The van der Waals surface area contributed by atoms with Crippen molar-refractivity contribution in [3.8, 4) is 11.8 Å². The molecule has 1 saturated carbocycles. The van der Waals surface area contributed by atoms with Crippen molar-refractivity contribution >= 4 is 5.97 Å². The van der Waals surface area contributed by atoms with E-state index < -0.39 is 0 Å². The summed E-state index contributed by atoms with van der Waals surface area (Å²) in [6.07, 6.45) is 4.06. The van der Waals surface area contributed by atoms with Gasteiger partial charge in [0, 0.05) is 30.0 Å². The van der Waals surface area contributed by atoms with Gasteiger partial charge in [0.2, 0.25) is 0 Å². The quantitative estimate of drug-likeness (QED) is 0.654. The number of ether oxygens (including phenoxy) is 1. The number of carbonyl (C=O) groups is 1. The highest BCUT2D eigenvalue weighted by molar-refractivity contribution is 5.72. The van der Waals surface area contributed by atoms with Crippen LogP contribution >= 0.6 is 0 Å². The van der Waals surface area contributed by atoms with E-state index >= 15 is 0 Å². The lowest BCUT2D eigenvalue weighted by Gasteiger charge is -2.47. The Kier molecular flexibility index (Phi) is 5.24. The molecule has 3 aliphatic carbocycles. The van der Waals surface area contributed by atoms with Crippen molar-refractivity contribution in [3.05, 3.63) is 70.3 Å². The Morgan fingerprint density at radius 2 is 2.00 bits per heavy atom. The highest BCUT2D eigenvalue weighted by atomic mass is 16.5. The molecule has 1 fully saturated rings. The molecule has 1 unspecified atom stereocenters. The number of hydrogen-bond acceptors (Lipinski definition) is 3. The fourth-order valence-corrected chi connectivity index (χ4v) is 4.04. The molecule has 1 heterocycles. The summed E-state index contributed by atoms with van der Waals surface area (Å²) < 4.78 is 4.60. The molecular formula is C25H27NO2. The van der Waals surface area contributed by atoms with Crippen molar-refractivity contribution in [1.29, 1.82) is 0 Å². The molecule has 144 valence electrons. The number of nitrogens with one attached hydrogen (secondary N) is 1. The van der Waals surface area contributed by atoms with E-state index in [9.17, 15) is 4.79 Å². The van der Waals surface area contributed by atoms with Crippen LogP contribution in [0.15, 0.2) is 42.5 Å². The lowest BCUT2D eigenvalue weighted by atomic mass is 9.61. The van der Waals surface area contributed by atoms with Crippen molar-refractivity contribution in [2.75, 3.05) is 13.7 Å². The molecule has 0 aromatic heterocycles. The minimum atomic E-state index is -0.211. The summed E-state index contributed by atoms with van der Waals surface area (Å²) in [7, 11) is 1.40. The van der Waals surface area contributed by atoms with E-state index in [0.717, 1.165) is 24.2 Å². The van der Waals surface area contributed by atoms with Gasteiger partial charge < -0.3 is 10.1 Å². The number of fused-ring (bicyclic) bond motifs is 1. The van der Waals surface area contributed by atoms with Crippen LogP contribution in [-0.4, -0.2) is 19.6 Å². The molecule has 1 N–H and O–H groups in total. The van der Waals surface area contributed by atoms with Crippen LogP contribution in [0.4, 0.5) is 0 Å². The zero-order valence-corrected chi connectivity index (χ0v) is 16.7. The summed E-state index contributed by atoms with van der Waals surface area (Å²) in [6.45, 7) is 4.51. The van der Waals surface area contributed by atoms with Gasteiger partial charge in [-0.25, -0.2) is 0 Å². The number of methoxy groups -OCH3 is 1. The molecule has 4 aliphatic rings. The van der Waals surface area contributed by atoms with E-state index in [4.69, 9.17) is 0 Å². The Morgan fingerprint density at radius 1 is 1.21 bits per heavy atom. The van der Waals surface area contributed by atoms with Crippen LogP contribution in [0.3, 0.4) is 0 Å². The minimum Gasteiger partial charge on any atom is -0.469 e. The summed E-state index contributed by atoms with van der Waals surface area (Å²) in [5.41, 5.74) is 7.06. The maximum Gasteiger partial charge on any atom is 0.309 e. The van der Waals surface area contributed by atoms with Crippen LogP contribution in [-0.2, 0) is 27.9 Å². The smallest absolute Gasteiger partial charge is 0.309 e. The molecule has 28 heavy (non-hydrogen) atoms. The zero-order chi connectivity index (χ0) is 19.6. The molecule has 1 atom stereocenters. The van der Waals surface area contributed by atoms with Gasteiger partial charge in [-0.3, -0.25) is 4.79 Å². The predicted molar refractivity (Wildman–Crippen MR) is 111 cm³/mol. The summed E-state index contributed by atoms with van der Waals surface area (Å²) in [5, 5.41) is 3.49. The third kappa shape index (κ3) is 3.70. The fraction of sp³-hybridized carbons (Fsp3) is 0.400. The molecule has 3 nitrogen and oxygen atoms in total. The summed E-state index contributed by atoms with van der Waals surface area (Å²) in [6, 6.07) is 14.7. The van der Waals surface area contributed by atoms with Gasteiger partial charge >= 0.3 is 5.97 Å². The first-order valence-corrected chi connectivity index (χ1v) is 10.2. The van der Waals surface area contributed by atoms with Crippen molar-refractivity contribution in [2.24, 2.45) is 5.92 Å². The van der Waals surface area contributed by atoms with Gasteiger partial charge in [-0.15, -0.1) is 0 Å². The summed E-state index contributed by atoms with van der Waals surface area (Å²) in [4.78, 5) is 11.0. The van der Waals surface area contributed by atoms with Crippen molar-refractivity contribution in [3.63, 3.8) is 0 Å². The average Bonchev–Trinajstić information content (AvgIpc) is 3.55. The zero-order valence-electron chi connectivity index (χ0n) is 16.7. The lowest BCUT2D eigenvalue weighted by Crippen LogP contribution is -2.48. The highest BCUT2D eigenvalue weighted by Gasteiger charge is 2.43. The van der Waals surface area contributed by atoms with Gasteiger partial charge in [0.15, 0.2) is 0 Å². The first-order chi connectivity index (χ1) is 13.6. The number of carbonyl (C=O) groups excluding carboxylic acids is 1. The maximum atomic E-state index is 11.0. The van der Waals surface area contributed by atoms with Crippen molar-refractivity contribution in [2.45, 2.75) is 44.6 Å². The molecule has 0 spiro atoms. The van der Waals surface area contributed by atoms with Gasteiger partial charge in [-0.05, 0) is 53.6 Å². The predicted octanol–water partition coefficient (Wildman–Crippen LogP) is 3.96. The van der Waals surface area contributed by atoms with Gasteiger partial charge in [0.25, 0.3) is 0 Å². The average molecular weight is 373 g/mol. The van der Waals surface area contributed by atoms with Crippen LogP contribution in [0, 0.1) is 17.8 Å². The van der Waals surface area contributed by atoms with E-state index in [1.54, 1.807) is 5.56 Å². The molecule has 0 radical (unpaired) electrons. The summed E-state index contributed by atoms with van der Waals surface area (Å²) in [5.74, 6) is 6.75. The van der Waals surface area contributed by atoms with Crippen LogP contribution < -0.4 is 5.32 Å². The molecule has 3 heteroatoms.